The summed E-state index contributed by atoms with van der Waals surface area (Å²) in [5, 5.41) is 16.7. The third-order valence-corrected chi connectivity index (χ3v) is 7.35. The van der Waals surface area contributed by atoms with Gasteiger partial charge in [-0.25, -0.2) is 9.97 Å². The fourth-order valence-corrected chi connectivity index (χ4v) is 5.41. The molecule has 4 heterocycles. The van der Waals surface area contributed by atoms with E-state index >= 15 is 0 Å². The van der Waals surface area contributed by atoms with E-state index in [2.05, 4.69) is 82.7 Å². The normalized spacial score (nSPS) is 11.4. The van der Waals surface area contributed by atoms with Crippen molar-refractivity contribution < 1.29 is 0 Å². The Morgan fingerprint density at radius 1 is 1.12 bits per heavy atom. The highest BCUT2D eigenvalue weighted by atomic mass is 79.9. The number of benzene rings is 1. The number of imidazole rings is 1. The molecule has 0 aliphatic rings. The number of hydrogen-bond donors (Lipinski definition) is 1. The average Bonchev–Trinajstić information content (AvgIpc) is 3.55. The number of rotatable bonds is 7. The van der Waals surface area contributed by atoms with Crippen LogP contribution in [0.15, 0.2) is 33.4 Å². The molecule has 0 bridgehead atoms. The summed E-state index contributed by atoms with van der Waals surface area (Å²) in [7, 11) is 3.91. The Bertz CT molecular complexity index is 1440. The summed E-state index contributed by atoms with van der Waals surface area (Å²) < 4.78 is 3.20. The molecule has 0 aliphatic carbocycles. The second-order valence-corrected chi connectivity index (χ2v) is 10.5. The number of aromatic amines is 1. The van der Waals surface area contributed by atoms with Crippen molar-refractivity contribution >= 4 is 44.4 Å². The maximum absolute atomic E-state index is 4.90. The molecule has 0 radical (unpaired) electrons. The number of tetrazole rings is 1. The van der Waals surface area contributed by atoms with Gasteiger partial charge in [-0.2, -0.15) is 10.2 Å². The molecule has 0 atom stereocenters. The highest BCUT2D eigenvalue weighted by Gasteiger charge is 2.19. The molecule has 11 heteroatoms. The number of halogens is 1. The van der Waals surface area contributed by atoms with Crippen molar-refractivity contribution in [2.45, 2.75) is 33.2 Å². The summed E-state index contributed by atoms with van der Waals surface area (Å²) in [4.78, 5) is 16.3. The van der Waals surface area contributed by atoms with Crippen LogP contribution in [-0.2, 0) is 13.0 Å². The summed E-state index contributed by atoms with van der Waals surface area (Å²) >= 11 is 5.24. The van der Waals surface area contributed by atoms with Gasteiger partial charge in [0.2, 0.25) is 11.8 Å². The van der Waals surface area contributed by atoms with Crippen LogP contribution < -0.4 is 4.90 Å². The zero-order chi connectivity index (χ0) is 23.8. The molecule has 9 nitrogen and oxygen atoms in total. The topological polar surface area (TPSA) is 101 Å². The maximum atomic E-state index is 4.90. The summed E-state index contributed by atoms with van der Waals surface area (Å²) in [6, 6.07) is 8.59. The monoisotopic (exact) mass is 537 g/mol. The van der Waals surface area contributed by atoms with E-state index in [1.54, 1.807) is 11.3 Å². The quantitative estimate of drug-likeness (QED) is 0.315. The Morgan fingerprint density at radius 3 is 2.59 bits per heavy atom. The van der Waals surface area contributed by atoms with Gasteiger partial charge >= 0.3 is 0 Å². The largest absolute Gasteiger partial charge is 0.347 e. The third-order valence-electron chi connectivity index (χ3n) is 5.63. The maximum Gasteiger partial charge on any atom is 0.227 e. The molecule has 0 saturated carbocycles. The summed E-state index contributed by atoms with van der Waals surface area (Å²) in [5.74, 6) is 2.31. The number of aromatic nitrogens is 8. The SMILES string of the molecule is CCCc1nc2c(C)nc(N(C)C)nc2n1Cc1ccc(-c2csc(Br)c2-c2nn[nH]n2)cc1. The van der Waals surface area contributed by atoms with Gasteiger partial charge in [0.05, 0.1) is 21.6 Å². The smallest absolute Gasteiger partial charge is 0.227 e. The van der Waals surface area contributed by atoms with E-state index in [0.717, 1.165) is 56.0 Å². The van der Waals surface area contributed by atoms with Crippen molar-refractivity contribution in [1.82, 2.24) is 40.1 Å². The van der Waals surface area contributed by atoms with E-state index in [-0.39, 0.29) is 0 Å². The molecule has 0 saturated heterocycles. The van der Waals surface area contributed by atoms with Crippen LogP contribution >= 0.6 is 27.3 Å². The zero-order valence-corrected chi connectivity index (χ0v) is 21.8. The third kappa shape index (κ3) is 4.09. The minimum atomic E-state index is 0.577. The predicted octanol–water partition coefficient (Wildman–Crippen LogP) is 4.87. The van der Waals surface area contributed by atoms with Crippen LogP contribution in [-0.4, -0.2) is 54.2 Å². The van der Waals surface area contributed by atoms with E-state index in [4.69, 9.17) is 9.97 Å². The Kier molecular flexibility index (Phi) is 6.13. The van der Waals surface area contributed by atoms with Crippen molar-refractivity contribution in [1.29, 1.82) is 0 Å². The van der Waals surface area contributed by atoms with Crippen molar-refractivity contribution in [3.63, 3.8) is 0 Å². The van der Waals surface area contributed by atoms with Gasteiger partial charge in [-0.1, -0.05) is 31.2 Å². The van der Waals surface area contributed by atoms with Crippen LogP contribution in [0.25, 0.3) is 33.7 Å². The van der Waals surface area contributed by atoms with Crippen LogP contribution in [0, 0.1) is 6.92 Å². The molecule has 5 rings (SSSR count). The van der Waals surface area contributed by atoms with Crippen LogP contribution in [0.2, 0.25) is 0 Å². The van der Waals surface area contributed by atoms with Crippen LogP contribution in [0.4, 0.5) is 5.95 Å². The van der Waals surface area contributed by atoms with E-state index in [1.165, 1.54) is 5.56 Å². The molecule has 0 aliphatic heterocycles. The number of aryl methyl sites for hydroxylation is 2. The minimum Gasteiger partial charge on any atom is -0.347 e. The standard InChI is InChI=1S/C23H24BrN9S/c1-5-6-17-26-19-13(2)25-23(32(3)4)27-22(19)33(17)11-14-7-9-15(10-8-14)16-12-34-20(24)18(16)21-28-30-31-29-21/h7-10,12H,5-6,11H2,1-4H3,(H,28,29,30,31). The second-order valence-electron chi connectivity index (χ2n) is 8.27. The van der Waals surface area contributed by atoms with Gasteiger partial charge in [0, 0.05) is 31.5 Å². The molecule has 0 unspecified atom stereocenters. The highest BCUT2D eigenvalue weighted by Crippen LogP contribution is 2.40. The van der Waals surface area contributed by atoms with Crippen molar-refractivity contribution in [3.05, 3.63) is 50.5 Å². The van der Waals surface area contributed by atoms with Crippen LogP contribution in [0.5, 0.6) is 0 Å². The highest BCUT2D eigenvalue weighted by molar-refractivity contribution is 9.11. The molecule has 1 N–H and O–H groups in total. The van der Waals surface area contributed by atoms with E-state index in [1.807, 2.05) is 25.9 Å². The lowest BCUT2D eigenvalue weighted by Gasteiger charge is -2.13. The molecular weight excluding hydrogens is 514 g/mol. The van der Waals surface area contributed by atoms with E-state index in [0.29, 0.717) is 18.3 Å². The second kappa shape index (κ2) is 9.22. The van der Waals surface area contributed by atoms with Gasteiger partial charge in [-0.05, 0) is 45.6 Å². The van der Waals surface area contributed by atoms with Crippen molar-refractivity contribution in [3.8, 4) is 22.5 Å². The lowest BCUT2D eigenvalue weighted by molar-refractivity contribution is 0.716. The van der Waals surface area contributed by atoms with Gasteiger partial charge in [0.1, 0.15) is 11.3 Å². The van der Waals surface area contributed by atoms with Gasteiger partial charge in [0.25, 0.3) is 0 Å². The molecule has 5 aromatic rings. The fraction of sp³-hybridized carbons (Fsp3) is 0.304. The molecule has 4 aromatic heterocycles. The van der Waals surface area contributed by atoms with Crippen LogP contribution in [0.3, 0.4) is 0 Å². The first kappa shape index (κ1) is 22.6. The Balaban J connectivity index is 1.52. The van der Waals surface area contributed by atoms with Gasteiger partial charge in [0.15, 0.2) is 5.65 Å². The Labute approximate surface area is 209 Å². The lowest BCUT2D eigenvalue weighted by atomic mass is 10.0. The molecule has 0 fully saturated rings. The predicted molar refractivity (Wildman–Crippen MR) is 138 cm³/mol. The number of H-pyrrole nitrogens is 1. The van der Waals surface area contributed by atoms with Gasteiger partial charge < -0.3 is 9.47 Å². The number of nitrogens with zero attached hydrogens (tertiary/aromatic N) is 8. The fourth-order valence-electron chi connectivity index (χ4n) is 3.94. The zero-order valence-electron chi connectivity index (χ0n) is 19.4. The Morgan fingerprint density at radius 2 is 1.91 bits per heavy atom. The first-order valence-corrected chi connectivity index (χ1v) is 12.6. The van der Waals surface area contributed by atoms with Crippen molar-refractivity contribution in [2.75, 3.05) is 19.0 Å². The molecule has 0 spiro atoms. The minimum absolute atomic E-state index is 0.577. The molecule has 174 valence electrons. The molecular formula is C23H24BrN9S. The number of fused-ring (bicyclic) bond motifs is 1. The van der Waals surface area contributed by atoms with E-state index in [9.17, 15) is 0 Å². The summed E-state index contributed by atoms with van der Waals surface area (Å²) in [6.07, 6.45) is 1.91. The van der Waals surface area contributed by atoms with Gasteiger partial charge in [-0.3, -0.25) is 0 Å². The number of nitrogens with one attached hydrogen (secondary N) is 1. The van der Waals surface area contributed by atoms with Crippen molar-refractivity contribution in [2.24, 2.45) is 0 Å². The summed E-state index contributed by atoms with van der Waals surface area (Å²) in [5.41, 5.74) is 6.95. The lowest BCUT2D eigenvalue weighted by Crippen LogP contribution is -2.14. The molecule has 0 amide bonds. The first-order chi connectivity index (χ1) is 16.5. The summed E-state index contributed by atoms with van der Waals surface area (Å²) in [6.45, 7) is 4.86. The molecule has 1 aromatic carbocycles. The van der Waals surface area contributed by atoms with Gasteiger partial charge in [-0.15, -0.1) is 21.5 Å². The number of thiophene rings is 1. The number of hydrogen-bond acceptors (Lipinski definition) is 8. The molecule has 34 heavy (non-hydrogen) atoms. The van der Waals surface area contributed by atoms with E-state index < -0.39 is 0 Å². The Hall–Kier alpha value is -3.18. The van der Waals surface area contributed by atoms with Crippen LogP contribution in [0.1, 0.15) is 30.4 Å². The number of anilines is 1. The first-order valence-electron chi connectivity index (χ1n) is 11.0. The average molecular weight is 538 g/mol.